The number of hydrogen-bond acceptors (Lipinski definition) is 4. The highest BCUT2D eigenvalue weighted by molar-refractivity contribution is 5.53. The van der Waals surface area contributed by atoms with Gasteiger partial charge in [0.2, 0.25) is 0 Å². The summed E-state index contributed by atoms with van der Waals surface area (Å²) in [4.78, 5) is 6.65. The second-order valence-electron chi connectivity index (χ2n) is 6.51. The van der Waals surface area contributed by atoms with Crippen molar-refractivity contribution in [3.63, 3.8) is 0 Å². The van der Waals surface area contributed by atoms with Gasteiger partial charge in [-0.1, -0.05) is 0 Å². The van der Waals surface area contributed by atoms with Gasteiger partial charge in [0, 0.05) is 43.3 Å². The van der Waals surface area contributed by atoms with Gasteiger partial charge < -0.3 is 15.0 Å². The third-order valence-electron chi connectivity index (χ3n) is 3.28. The molecule has 4 nitrogen and oxygen atoms in total. The number of pyridine rings is 1. The van der Waals surface area contributed by atoms with Crippen LogP contribution in [0.2, 0.25) is 0 Å². The summed E-state index contributed by atoms with van der Waals surface area (Å²) >= 11 is 0. The predicted octanol–water partition coefficient (Wildman–Crippen LogP) is 2.19. The molecule has 0 aromatic carbocycles. The highest BCUT2D eigenvalue weighted by atomic mass is 16.5. The van der Waals surface area contributed by atoms with Gasteiger partial charge in [-0.25, -0.2) is 0 Å². The van der Waals surface area contributed by atoms with Crippen LogP contribution in [0.3, 0.4) is 0 Å². The van der Waals surface area contributed by atoms with E-state index in [0.29, 0.717) is 0 Å². The van der Waals surface area contributed by atoms with Gasteiger partial charge in [0.25, 0.3) is 0 Å². The third-order valence-corrected chi connectivity index (χ3v) is 3.28. The molecule has 0 bridgehead atoms. The van der Waals surface area contributed by atoms with Crippen molar-refractivity contribution >= 4 is 5.69 Å². The number of nitrogens with one attached hydrogen (secondary N) is 1. The summed E-state index contributed by atoms with van der Waals surface area (Å²) in [6.07, 6.45) is 3.81. The number of anilines is 1. The zero-order chi connectivity index (χ0) is 14.1. The Morgan fingerprint density at radius 1 is 1.26 bits per heavy atom. The van der Waals surface area contributed by atoms with Crippen molar-refractivity contribution < 1.29 is 4.74 Å². The molecule has 1 aliphatic heterocycles. The molecule has 0 unspecified atom stereocenters. The first-order valence-corrected chi connectivity index (χ1v) is 6.86. The molecular weight excluding hydrogens is 238 g/mol. The average Bonchev–Trinajstić information content (AvgIpc) is 2.26. The van der Waals surface area contributed by atoms with E-state index < -0.39 is 0 Å². The van der Waals surface area contributed by atoms with Crippen molar-refractivity contribution in [2.45, 2.75) is 45.4 Å². The Hall–Kier alpha value is -1.13. The van der Waals surface area contributed by atoms with Crippen LogP contribution in [0.4, 0.5) is 5.69 Å². The molecular formula is C15H25N3O. The van der Waals surface area contributed by atoms with E-state index in [-0.39, 0.29) is 11.2 Å². The Kier molecular flexibility index (Phi) is 3.83. The van der Waals surface area contributed by atoms with Gasteiger partial charge in [0.15, 0.2) is 0 Å². The van der Waals surface area contributed by atoms with Gasteiger partial charge in [-0.15, -0.1) is 0 Å². The Bertz CT molecular complexity index is 427. The van der Waals surface area contributed by atoms with Crippen LogP contribution in [0.15, 0.2) is 18.5 Å². The Morgan fingerprint density at radius 3 is 2.47 bits per heavy atom. The topological polar surface area (TPSA) is 37.4 Å². The lowest BCUT2D eigenvalue weighted by molar-refractivity contribution is -0.133. The van der Waals surface area contributed by atoms with Crippen molar-refractivity contribution in [1.29, 1.82) is 0 Å². The molecule has 1 aromatic heterocycles. The summed E-state index contributed by atoms with van der Waals surface area (Å²) in [6.45, 7) is 11.2. The maximum absolute atomic E-state index is 6.14. The molecule has 1 saturated heterocycles. The molecule has 0 aliphatic carbocycles. The number of ether oxygens (including phenoxy) is 1. The van der Waals surface area contributed by atoms with Crippen LogP contribution in [-0.4, -0.2) is 36.3 Å². The fourth-order valence-corrected chi connectivity index (χ4v) is 3.01. The minimum atomic E-state index is -0.137. The van der Waals surface area contributed by atoms with Gasteiger partial charge >= 0.3 is 0 Å². The SMILES string of the molecule is CNCc1cnccc1N1CC(C)(C)OC(C)(C)C1. The lowest BCUT2D eigenvalue weighted by Crippen LogP contribution is -2.57. The van der Waals surface area contributed by atoms with Crippen molar-refractivity contribution in [3.8, 4) is 0 Å². The van der Waals surface area contributed by atoms with Crippen LogP contribution < -0.4 is 10.2 Å². The van der Waals surface area contributed by atoms with Gasteiger partial charge in [-0.2, -0.15) is 0 Å². The van der Waals surface area contributed by atoms with Gasteiger partial charge in [-0.3, -0.25) is 4.98 Å². The Morgan fingerprint density at radius 2 is 1.89 bits per heavy atom. The van der Waals surface area contributed by atoms with Crippen molar-refractivity contribution in [2.75, 3.05) is 25.0 Å². The molecule has 106 valence electrons. The normalized spacial score (nSPS) is 21.4. The third kappa shape index (κ3) is 3.45. The fourth-order valence-electron chi connectivity index (χ4n) is 3.01. The molecule has 0 spiro atoms. The van der Waals surface area contributed by atoms with Gasteiger partial charge in [0.1, 0.15) is 0 Å². The summed E-state index contributed by atoms with van der Waals surface area (Å²) in [7, 11) is 1.96. The van der Waals surface area contributed by atoms with E-state index in [0.717, 1.165) is 19.6 Å². The number of hydrogen-bond donors (Lipinski definition) is 1. The number of nitrogens with zero attached hydrogens (tertiary/aromatic N) is 2. The molecule has 1 aromatic rings. The lowest BCUT2D eigenvalue weighted by Gasteiger charge is -2.48. The maximum Gasteiger partial charge on any atom is 0.0808 e. The predicted molar refractivity (Wildman–Crippen MR) is 78.5 cm³/mol. The molecule has 4 heteroatoms. The van der Waals surface area contributed by atoms with Crippen LogP contribution in [0, 0.1) is 0 Å². The smallest absolute Gasteiger partial charge is 0.0808 e. The molecule has 1 aliphatic rings. The van der Waals surface area contributed by atoms with Crippen molar-refractivity contribution in [3.05, 3.63) is 24.0 Å². The molecule has 0 atom stereocenters. The molecule has 0 amide bonds. The van der Waals surface area contributed by atoms with Crippen molar-refractivity contribution in [2.24, 2.45) is 0 Å². The van der Waals surface area contributed by atoms with Crippen LogP contribution in [0.1, 0.15) is 33.3 Å². The largest absolute Gasteiger partial charge is 0.366 e. The zero-order valence-electron chi connectivity index (χ0n) is 12.7. The van der Waals surface area contributed by atoms with Crippen LogP contribution in [0.25, 0.3) is 0 Å². The minimum absolute atomic E-state index is 0.137. The monoisotopic (exact) mass is 263 g/mol. The van der Waals surface area contributed by atoms with E-state index in [9.17, 15) is 0 Å². The quantitative estimate of drug-likeness (QED) is 0.907. The highest BCUT2D eigenvalue weighted by Crippen LogP contribution is 2.32. The first-order valence-electron chi connectivity index (χ1n) is 6.86. The van der Waals surface area contributed by atoms with Crippen LogP contribution in [-0.2, 0) is 11.3 Å². The van der Waals surface area contributed by atoms with E-state index >= 15 is 0 Å². The van der Waals surface area contributed by atoms with E-state index in [1.54, 1.807) is 0 Å². The summed E-state index contributed by atoms with van der Waals surface area (Å²) in [5, 5.41) is 3.21. The first-order chi connectivity index (χ1) is 8.83. The van der Waals surface area contributed by atoms with E-state index in [4.69, 9.17) is 4.74 Å². The highest BCUT2D eigenvalue weighted by Gasteiger charge is 2.38. The Labute approximate surface area is 116 Å². The molecule has 0 radical (unpaired) electrons. The number of aromatic nitrogens is 1. The van der Waals surface area contributed by atoms with Crippen LogP contribution >= 0.6 is 0 Å². The average molecular weight is 263 g/mol. The first kappa shape index (κ1) is 14.3. The summed E-state index contributed by atoms with van der Waals surface area (Å²) in [5.41, 5.74) is 2.22. The second-order valence-corrected chi connectivity index (χ2v) is 6.51. The zero-order valence-corrected chi connectivity index (χ0v) is 12.7. The summed E-state index contributed by atoms with van der Waals surface area (Å²) in [6, 6.07) is 2.10. The molecule has 2 rings (SSSR count). The van der Waals surface area contributed by atoms with Crippen LogP contribution in [0.5, 0.6) is 0 Å². The fraction of sp³-hybridized carbons (Fsp3) is 0.667. The molecule has 1 fully saturated rings. The van der Waals surface area contributed by atoms with Gasteiger partial charge in [0.05, 0.1) is 11.2 Å². The van der Waals surface area contributed by atoms with Crippen molar-refractivity contribution in [1.82, 2.24) is 10.3 Å². The number of rotatable bonds is 3. The van der Waals surface area contributed by atoms with E-state index in [1.807, 2.05) is 19.4 Å². The molecule has 1 N–H and O–H groups in total. The molecule has 19 heavy (non-hydrogen) atoms. The maximum atomic E-state index is 6.14. The Balaban J connectivity index is 2.30. The lowest BCUT2D eigenvalue weighted by atomic mass is 9.98. The minimum Gasteiger partial charge on any atom is -0.366 e. The molecule has 0 saturated carbocycles. The number of morpholine rings is 1. The van der Waals surface area contributed by atoms with E-state index in [2.05, 4.69) is 49.0 Å². The molecule has 2 heterocycles. The summed E-state index contributed by atoms with van der Waals surface area (Å²) < 4.78 is 6.14. The second kappa shape index (κ2) is 5.10. The standard InChI is InChI=1S/C15H25N3O/c1-14(2)10-18(11-15(3,4)19-14)13-6-7-17-9-12(13)8-16-5/h6-7,9,16H,8,10-11H2,1-5H3. The summed E-state index contributed by atoms with van der Waals surface area (Å²) in [5.74, 6) is 0. The van der Waals surface area contributed by atoms with Gasteiger partial charge in [-0.05, 0) is 40.8 Å². The van der Waals surface area contributed by atoms with E-state index in [1.165, 1.54) is 11.3 Å².